The number of hydrogen-bond acceptors (Lipinski definition) is 3. The molecule has 0 bridgehead atoms. The molecule has 3 aromatic carbocycles. The van der Waals surface area contributed by atoms with Crippen molar-refractivity contribution in [2.24, 2.45) is 5.92 Å². The third-order valence-electron chi connectivity index (χ3n) is 6.39. The van der Waals surface area contributed by atoms with Crippen LogP contribution in [0.5, 0.6) is 5.75 Å². The van der Waals surface area contributed by atoms with Crippen molar-refractivity contribution in [2.45, 2.75) is 25.0 Å². The first-order valence-corrected chi connectivity index (χ1v) is 9.82. The Bertz CT molecular complexity index is 991. The molecular weight excluding hydrogens is 334 g/mol. The molecule has 0 saturated carbocycles. The molecule has 2 aliphatic rings. The van der Waals surface area contributed by atoms with Gasteiger partial charge in [0, 0.05) is 5.56 Å². The van der Waals surface area contributed by atoms with Gasteiger partial charge in [0.25, 0.3) is 0 Å². The Kier molecular flexibility index (Phi) is 3.96. The minimum absolute atomic E-state index is 0.168. The molecule has 5 rings (SSSR count). The van der Waals surface area contributed by atoms with Gasteiger partial charge in [-0.15, -0.1) is 0 Å². The minimum Gasteiger partial charge on any atom is -0.488 e. The van der Waals surface area contributed by atoms with Gasteiger partial charge in [0.05, 0.1) is 0 Å². The average Bonchev–Trinajstić information content (AvgIpc) is 2.84. The molecule has 0 radical (unpaired) electrons. The summed E-state index contributed by atoms with van der Waals surface area (Å²) < 4.78 is 6.22. The maximum atomic E-state index is 12.5. The van der Waals surface area contributed by atoms with E-state index in [9.17, 15) is 5.11 Å². The minimum atomic E-state index is -1.04. The Balaban J connectivity index is 1.81. The van der Waals surface area contributed by atoms with E-state index < -0.39 is 5.60 Å². The number of hydrogen-bond donors (Lipinski definition) is 1. The van der Waals surface area contributed by atoms with Crippen molar-refractivity contribution in [3.05, 3.63) is 77.4 Å². The van der Waals surface area contributed by atoms with Crippen molar-refractivity contribution in [3.63, 3.8) is 0 Å². The Morgan fingerprint density at radius 3 is 2.56 bits per heavy atom. The van der Waals surface area contributed by atoms with Crippen LogP contribution in [0.15, 0.2) is 60.7 Å². The number of nitrogens with zero attached hydrogens (tertiary/aromatic N) is 1. The van der Waals surface area contributed by atoms with Crippen LogP contribution in [0.25, 0.3) is 10.8 Å². The standard InChI is InChI=1S/C24H25NO2/c1-25-14-12-19(13-15-25)24(26)21-9-5-3-7-18(21)16-27-22-11-10-17-6-2-4-8-20(17)23(22)24/h2-11,19,26H,12-16H2,1H3. The normalized spacial score (nSPS) is 23.3. The summed E-state index contributed by atoms with van der Waals surface area (Å²) in [5.74, 6) is 0.979. The fourth-order valence-corrected chi connectivity index (χ4v) is 4.92. The van der Waals surface area contributed by atoms with E-state index in [1.54, 1.807) is 0 Å². The Morgan fingerprint density at radius 2 is 1.70 bits per heavy atom. The number of benzene rings is 3. The summed E-state index contributed by atoms with van der Waals surface area (Å²) in [6, 6.07) is 20.7. The van der Waals surface area contributed by atoms with E-state index in [0.717, 1.165) is 59.1 Å². The van der Waals surface area contributed by atoms with Gasteiger partial charge in [-0.3, -0.25) is 0 Å². The summed E-state index contributed by atoms with van der Waals surface area (Å²) in [7, 11) is 2.16. The molecule has 1 N–H and O–H groups in total. The summed E-state index contributed by atoms with van der Waals surface area (Å²) >= 11 is 0. The maximum Gasteiger partial charge on any atom is 0.126 e. The summed E-state index contributed by atoms with van der Waals surface area (Å²) in [6.45, 7) is 2.52. The van der Waals surface area contributed by atoms with Crippen molar-refractivity contribution < 1.29 is 9.84 Å². The number of aliphatic hydroxyl groups is 1. The highest BCUT2D eigenvalue weighted by atomic mass is 16.5. The summed E-state index contributed by atoms with van der Waals surface area (Å²) in [4.78, 5) is 2.35. The van der Waals surface area contributed by atoms with E-state index >= 15 is 0 Å². The predicted octanol–water partition coefficient (Wildman–Crippen LogP) is 4.31. The molecule has 1 fully saturated rings. The smallest absolute Gasteiger partial charge is 0.126 e. The van der Waals surface area contributed by atoms with E-state index in [1.165, 1.54) is 0 Å². The lowest BCUT2D eigenvalue weighted by Crippen LogP contribution is -2.43. The molecule has 27 heavy (non-hydrogen) atoms. The van der Waals surface area contributed by atoms with E-state index in [2.05, 4.69) is 54.4 Å². The van der Waals surface area contributed by atoms with E-state index in [1.807, 2.05) is 18.2 Å². The highest BCUT2D eigenvalue weighted by Crippen LogP contribution is 2.50. The lowest BCUT2D eigenvalue weighted by molar-refractivity contribution is -0.0101. The molecular formula is C24H25NO2. The number of ether oxygens (including phenoxy) is 1. The van der Waals surface area contributed by atoms with Crippen LogP contribution in [-0.2, 0) is 12.2 Å². The molecule has 1 saturated heterocycles. The van der Waals surface area contributed by atoms with Crippen molar-refractivity contribution >= 4 is 10.8 Å². The van der Waals surface area contributed by atoms with Crippen molar-refractivity contribution in [1.82, 2.24) is 4.90 Å². The number of likely N-dealkylation sites (tertiary alicyclic amines) is 1. The number of piperidine rings is 1. The zero-order valence-corrected chi connectivity index (χ0v) is 15.7. The zero-order valence-electron chi connectivity index (χ0n) is 15.7. The quantitative estimate of drug-likeness (QED) is 0.703. The second-order valence-electron chi connectivity index (χ2n) is 7.95. The first-order chi connectivity index (χ1) is 13.2. The van der Waals surface area contributed by atoms with Gasteiger partial charge in [0.2, 0.25) is 0 Å². The van der Waals surface area contributed by atoms with Gasteiger partial charge in [-0.1, -0.05) is 54.6 Å². The largest absolute Gasteiger partial charge is 0.488 e. The van der Waals surface area contributed by atoms with Crippen molar-refractivity contribution in [2.75, 3.05) is 20.1 Å². The van der Waals surface area contributed by atoms with Crippen LogP contribution in [0, 0.1) is 5.92 Å². The molecule has 2 heterocycles. The van der Waals surface area contributed by atoms with Crippen LogP contribution in [0.2, 0.25) is 0 Å². The molecule has 138 valence electrons. The summed E-state index contributed by atoms with van der Waals surface area (Å²) in [6.07, 6.45) is 1.95. The molecule has 2 aliphatic heterocycles. The lowest BCUT2D eigenvalue weighted by atomic mass is 9.70. The second kappa shape index (κ2) is 6.36. The molecule has 1 unspecified atom stereocenters. The first kappa shape index (κ1) is 16.8. The van der Waals surface area contributed by atoms with Gasteiger partial charge in [0.1, 0.15) is 18.0 Å². The van der Waals surface area contributed by atoms with Gasteiger partial charge < -0.3 is 14.7 Å². The van der Waals surface area contributed by atoms with Crippen LogP contribution in [0.3, 0.4) is 0 Å². The maximum absolute atomic E-state index is 12.5. The SMILES string of the molecule is CN1CCC(C2(O)c3ccccc3COc3ccc4ccccc4c32)CC1. The first-order valence-electron chi connectivity index (χ1n) is 9.82. The van der Waals surface area contributed by atoms with Crippen LogP contribution in [0.4, 0.5) is 0 Å². The third kappa shape index (κ3) is 2.57. The van der Waals surface area contributed by atoms with Crippen molar-refractivity contribution in [1.29, 1.82) is 0 Å². The third-order valence-corrected chi connectivity index (χ3v) is 6.39. The van der Waals surface area contributed by atoms with Crippen molar-refractivity contribution in [3.8, 4) is 5.75 Å². The van der Waals surface area contributed by atoms with Gasteiger partial charge >= 0.3 is 0 Å². The van der Waals surface area contributed by atoms with Gasteiger partial charge in [-0.05, 0) is 66.9 Å². The zero-order chi connectivity index (χ0) is 18.4. The fourth-order valence-electron chi connectivity index (χ4n) is 4.92. The van der Waals surface area contributed by atoms with Gasteiger partial charge in [0.15, 0.2) is 0 Å². The number of rotatable bonds is 1. The topological polar surface area (TPSA) is 32.7 Å². The Morgan fingerprint density at radius 1 is 0.963 bits per heavy atom. The molecule has 0 aromatic heterocycles. The molecule has 0 amide bonds. The lowest BCUT2D eigenvalue weighted by Gasteiger charge is -2.42. The molecule has 3 nitrogen and oxygen atoms in total. The van der Waals surface area contributed by atoms with Crippen LogP contribution >= 0.6 is 0 Å². The molecule has 1 atom stereocenters. The average molecular weight is 359 g/mol. The Labute approximate surface area is 160 Å². The number of fused-ring (bicyclic) bond motifs is 4. The molecule has 0 spiro atoms. The second-order valence-corrected chi connectivity index (χ2v) is 7.95. The van der Waals surface area contributed by atoms with Gasteiger partial charge in [-0.2, -0.15) is 0 Å². The summed E-state index contributed by atoms with van der Waals surface area (Å²) in [5.41, 5.74) is 2.00. The molecule has 0 aliphatic carbocycles. The Hall–Kier alpha value is -2.36. The fraction of sp³-hybridized carbons (Fsp3) is 0.333. The van der Waals surface area contributed by atoms with Crippen LogP contribution < -0.4 is 4.74 Å². The highest BCUT2D eigenvalue weighted by molar-refractivity contribution is 5.89. The van der Waals surface area contributed by atoms with Crippen LogP contribution in [0.1, 0.15) is 29.5 Å². The molecule has 3 heteroatoms. The van der Waals surface area contributed by atoms with E-state index in [4.69, 9.17) is 4.74 Å². The molecule has 3 aromatic rings. The van der Waals surface area contributed by atoms with E-state index in [-0.39, 0.29) is 5.92 Å². The predicted molar refractivity (Wildman–Crippen MR) is 108 cm³/mol. The van der Waals surface area contributed by atoms with Gasteiger partial charge in [-0.25, -0.2) is 0 Å². The monoisotopic (exact) mass is 359 g/mol. The summed E-state index contributed by atoms with van der Waals surface area (Å²) in [5, 5.41) is 14.7. The van der Waals surface area contributed by atoms with E-state index in [0.29, 0.717) is 6.61 Å². The van der Waals surface area contributed by atoms with Crippen LogP contribution in [-0.4, -0.2) is 30.1 Å². The highest BCUT2D eigenvalue weighted by Gasteiger charge is 2.46.